The quantitative estimate of drug-likeness (QED) is 0.750. The van der Waals surface area contributed by atoms with Crippen molar-refractivity contribution in [1.29, 1.82) is 0 Å². The topological polar surface area (TPSA) is 35.5 Å². The number of carbonyl (C=O) groups is 1. The summed E-state index contributed by atoms with van der Waals surface area (Å²) in [6, 6.07) is 5.87. The van der Waals surface area contributed by atoms with Crippen molar-refractivity contribution < 1.29 is 14.3 Å². The first-order valence-electron chi connectivity index (χ1n) is 6.69. The third kappa shape index (κ3) is 3.90. The molecule has 0 atom stereocenters. The predicted molar refractivity (Wildman–Crippen MR) is 78.4 cm³/mol. The van der Waals surface area contributed by atoms with E-state index in [1.54, 1.807) is 7.11 Å². The van der Waals surface area contributed by atoms with Crippen LogP contribution in [-0.4, -0.2) is 31.0 Å². The summed E-state index contributed by atoms with van der Waals surface area (Å²) in [5.41, 5.74) is 1.06. The lowest BCUT2D eigenvalue weighted by Gasteiger charge is -2.25. The number of thioether (sulfide) groups is 1. The summed E-state index contributed by atoms with van der Waals surface area (Å²) in [6.45, 7) is 0. The van der Waals surface area contributed by atoms with Crippen molar-refractivity contribution in [3.63, 3.8) is 0 Å². The van der Waals surface area contributed by atoms with E-state index >= 15 is 0 Å². The van der Waals surface area contributed by atoms with Gasteiger partial charge in [0.25, 0.3) is 0 Å². The fourth-order valence-corrected chi connectivity index (χ4v) is 3.29. The van der Waals surface area contributed by atoms with E-state index in [9.17, 15) is 4.79 Å². The molecule has 0 bridgehead atoms. The summed E-state index contributed by atoms with van der Waals surface area (Å²) in [5, 5.41) is 0. The number of aldehydes is 1. The normalized spacial score (nSPS) is 16.1. The molecule has 0 N–H and O–H groups in total. The highest BCUT2D eigenvalue weighted by molar-refractivity contribution is 7.99. The Balaban J connectivity index is 2.16. The Bertz CT molecular complexity index is 414. The molecular weight excluding hydrogens is 260 g/mol. The van der Waals surface area contributed by atoms with Crippen molar-refractivity contribution in [3.05, 3.63) is 23.8 Å². The number of methoxy groups -OCH3 is 1. The molecule has 1 aromatic carbocycles. The average molecular weight is 280 g/mol. The summed E-state index contributed by atoms with van der Waals surface area (Å²) in [6.07, 6.45) is 4.60. The van der Waals surface area contributed by atoms with Crippen LogP contribution in [0.15, 0.2) is 18.2 Å². The molecule has 3 nitrogen and oxygen atoms in total. The summed E-state index contributed by atoms with van der Waals surface area (Å²) in [4.78, 5) is 10.6. The van der Waals surface area contributed by atoms with Crippen molar-refractivity contribution in [2.24, 2.45) is 0 Å². The Morgan fingerprint density at radius 3 is 2.84 bits per heavy atom. The number of ether oxygens (including phenoxy) is 2. The molecule has 0 saturated carbocycles. The molecule has 1 aliphatic heterocycles. The molecule has 104 valence electrons. The lowest BCUT2D eigenvalue weighted by atomic mass is 10.1. The predicted octanol–water partition coefficient (Wildman–Crippen LogP) is 3.10. The van der Waals surface area contributed by atoms with Crippen molar-refractivity contribution in [2.45, 2.75) is 31.8 Å². The first-order chi connectivity index (χ1) is 9.35. The number of carbonyl (C=O) groups excluding carboxylic acids is 1. The molecule has 1 aromatic rings. The second kappa shape index (κ2) is 7.43. The van der Waals surface area contributed by atoms with Gasteiger partial charge in [0.05, 0.1) is 7.11 Å². The van der Waals surface area contributed by atoms with Gasteiger partial charge >= 0.3 is 0 Å². The van der Waals surface area contributed by atoms with E-state index in [1.807, 2.05) is 30.0 Å². The lowest BCUT2D eigenvalue weighted by Crippen LogP contribution is -2.23. The summed E-state index contributed by atoms with van der Waals surface area (Å²) in [7, 11) is 1.66. The van der Waals surface area contributed by atoms with Gasteiger partial charge in [0, 0.05) is 6.42 Å². The van der Waals surface area contributed by atoms with Gasteiger partial charge in [-0.2, -0.15) is 11.8 Å². The minimum absolute atomic E-state index is 0.271. The van der Waals surface area contributed by atoms with E-state index in [0.717, 1.165) is 47.7 Å². The second-order valence-electron chi connectivity index (χ2n) is 4.58. The summed E-state index contributed by atoms with van der Waals surface area (Å²) >= 11 is 1.98. The van der Waals surface area contributed by atoms with Crippen molar-refractivity contribution in [3.8, 4) is 11.5 Å². The molecule has 0 radical (unpaired) electrons. The van der Waals surface area contributed by atoms with E-state index in [2.05, 4.69) is 0 Å². The third-order valence-corrected chi connectivity index (χ3v) is 4.31. The molecule has 4 heteroatoms. The fourth-order valence-electron chi connectivity index (χ4n) is 2.23. The smallest absolute Gasteiger partial charge is 0.164 e. The summed E-state index contributed by atoms with van der Waals surface area (Å²) in [5.74, 6) is 3.90. The number of para-hydroxylation sites is 1. The van der Waals surface area contributed by atoms with E-state index in [-0.39, 0.29) is 6.10 Å². The monoisotopic (exact) mass is 280 g/mol. The highest BCUT2D eigenvalue weighted by Crippen LogP contribution is 2.34. The van der Waals surface area contributed by atoms with Crippen LogP contribution in [0.3, 0.4) is 0 Å². The Morgan fingerprint density at radius 1 is 1.37 bits per heavy atom. The summed E-state index contributed by atoms with van der Waals surface area (Å²) < 4.78 is 11.5. The van der Waals surface area contributed by atoms with E-state index in [1.165, 1.54) is 0 Å². The number of hydrogen-bond acceptors (Lipinski definition) is 4. The van der Waals surface area contributed by atoms with Crippen LogP contribution in [0.2, 0.25) is 0 Å². The molecule has 0 amide bonds. The molecule has 0 unspecified atom stereocenters. The first-order valence-corrected chi connectivity index (χ1v) is 7.84. The van der Waals surface area contributed by atoms with Crippen molar-refractivity contribution in [2.75, 3.05) is 18.6 Å². The third-order valence-electron chi connectivity index (χ3n) is 3.26. The second-order valence-corrected chi connectivity index (χ2v) is 5.81. The zero-order valence-corrected chi connectivity index (χ0v) is 12.1. The van der Waals surface area contributed by atoms with Crippen LogP contribution < -0.4 is 9.47 Å². The molecule has 19 heavy (non-hydrogen) atoms. The lowest BCUT2D eigenvalue weighted by molar-refractivity contribution is -0.107. The van der Waals surface area contributed by atoms with Crippen LogP contribution in [0, 0.1) is 0 Å². The van der Waals surface area contributed by atoms with Gasteiger partial charge in [-0.15, -0.1) is 0 Å². The molecule has 1 aliphatic rings. The first kappa shape index (κ1) is 14.3. The van der Waals surface area contributed by atoms with E-state index < -0.39 is 0 Å². The molecule has 0 aromatic heterocycles. The van der Waals surface area contributed by atoms with Crippen LogP contribution in [0.5, 0.6) is 11.5 Å². The van der Waals surface area contributed by atoms with E-state index in [4.69, 9.17) is 9.47 Å². The Morgan fingerprint density at radius 2 is 2.16 bits per heavy atom. The maximum atomic E-state index is 10.6. The standard InChI is InChI=1S/C15H20O3S/c1-17-14-6-2-4-12(5-3-9-16)15(14)18-13-7-10-19-11-8-13/h2,4,6,9,13H,3,5,7-8,10-11H2,1H3. The van der Waals surface area contributed by atoms with E-state index in [0.29, 0.717) is 12.8 Å². The van der Waals surface area contributed by atoms with Crippen LogP contribution in [0.1, 0.15) is 24.8 Å². The van der Waals surface area contributed by atoms with Crippen molar-refractivity contribution >= 4 is 18.0 Å². The maximum Gasteiger partial charge on any atom is 0.164 e. The highest BCUT2D eigenvalue weighted by Gasteiger charge is 2.19. The molecule has 0 spiro atoms. The maximum absolute atomic E-state index is 10.6. The molecule has 1 saturated heterocycles. The molecule has 2 rings (SSSR count). The Hall–Kier alpha value is -1.16. The SMILES string of the molecule is COc1cccc(CCC=O)c1OC1CCSCC1. The molecule has 1 heterocycles. The average Bonchev–Trinajstić information content (AvgIpc) is 2.47. The van der Waals surface area contributed by atoms with Gasteiger partial charge < -0.3 is 14.3 Å². The van der Waals surface area contributed by atoms with Crippen LogP contribution in [0.25, 0.3) is 0 Å². The van der Waals surface area contributed by atoms with Crippen molar-refractivity contribution in [1.82, 2.24) is 0 Å². The van der Waals surface area contributed by atoms with Crippen LogP contribution in [0.4, 0.5) is 0 Å². The van der Waals surface area contributed by atoms with Gasteiger partial charge in [-0.3, -0.25) is 0 Å². The van der Waals surface area contributed by atoms with Gasteiger partial charge in [0.2, 0.25) is 0 Å². The van der Waals surface area contributed by atoms with Gasteiger partial charge in [-0.1, -0.05) is 12.1 Å². The molecular formula is C15H20O3S. The number of hydrogen-bond donors (Lipinski definition) is 0. The molecule has 1 fully saturated rings. The van der Waals surface area contributed by atoms with Gasteiger partial charge in [0.1, 0.15) is 12.4 Å². The number of rotatable bonds is 6. The Labute approximate surface area is 118 Å². The van der Waals surface area contributed by atoms with Gasteiger partial charge in [-0.05, 0) is 42.4 Å². The minimum Gasteiger partial charge on any atom is -0.493 e. The van der Waals surface area contributed by atoms with Crippen LogP contribution in [-0.2, 0) is 11.2 Å². The number of aryl methyl sites for hydroxylation is 1. The van der Waals surface area contributed by atoms with Gasteiger partial charge in [0.15, 0.2) is 11.5 Å². The highest BCUT2D eigenvalue weighted by atomic mass is 32.2. The minimum atomic E-state index is 0.271. The van der Waals surface area contributed by atoms with Crippen LogP contribution >= 0.6 is 11.8 Å². The largest absolute Gasteiger partial charge is 0.493 e. The molecule has 0 aliphatic carbocycles. The van der Waals surface area contributed by atoms with Gasteiger partial charge in [-0.25, -0.2) is 0 Å². The number of benzene rings is 1. The fraction of sp³-hybridized carbons (Fsp3) is 0.533. The zero-order valence-electron chi connectivity index (χ0n) is 11.3. The Kier molecular flexibility index (Phi) is 5.58. The zero-order chi connectivity index (χ0) is 13.5.